The van der Waals surface area contributed by atoms with E-state index in [1.807, 2.05) is 0 Å². The van der Waals surface area contributed by atoms with Crippen LogP contribution in [-0.2, 0) is 14.3 Å². The minimum absolute atomic E-state index is 0.0496. The molecule has 10 nitrogen and oxygen atoms in total. The molecule has 1 aromatic heterocycles. The first-order chi connectivity index (χ1) is 20.2. The van der Waals surface area contributed by atoms with Crippen LogP contribution in [0.2, 0.25) is 10.0 Å². The minimum atomic E-state index is -0.684. The van der Waals surface area contributed by atoms with Crippen LogP contribution in [0.4, 0.5) is 10.8 Å². The number of esters is 1. The van der Waals surface area contributed by atoms with Crippen LogP contribution in [0.15, 0.2) is 69.5 Å². The third-order valence-electron chi connectivity index (χ3n) is 6.69. The fourth-order valence-electron chi connectivity index (χ4n) is 4.81. The fourth-order valence-corrected chi connectivity index (χ4v) is 6.80. The lowest BCUT2D eigenvalue weighted by molar-refractivity contribution is -0.116. The molecular formula is C28H22Cl2N6O4S2. The van der Waals surface area contributed by atoms with Gasteiger partial charge in [0, 0.05) is 23.4 Å². The van der Waals surface area contributed by atoms with Gasteiger partial charge >= 0.3 is 5.97 Å². The smallest absolute Gasteiger partial charge is 0.337 e. The van der Waals surface area contributed by atoms with Gasteiger partial charge in [-0.15, -0.1) is 10.2 Å². The molecule has 1 unspecified atom stereocenters. The summed E-state index contributed by atoms with van der Waals surface area (Å²) in [5.74, 6) is -1.30. The number of amides is 1. The number of ketones is 1. The van der Waals surface area contributed by atoms with Gasteiger partial charge in [-0.2, -0.15) is 5.26 Å². The largest absolute Gasteiger partial charge is 0.465 e. The molecule has 2 heterocycles. The number of Topliss-reactive ketones (excluding diaryl/α,β-unsaturated/α-hetero) is 1. The second kappa shape index (κ2) is 12.5. The number of nitrogens with one attached hydrogen (secondary N) is 1. The molecule has 0 fully saturated rings. The molecule has 0 radical (unpaired) electrons. The van der Waals surface area contributed by atoms with Crippen molar-refractivity contribution in [2.45, 2.75) is 29.5 Å². The first kappa shape index (κ1) is 29.6. The maximum atomic E-state index is 13.3. The van der Waals surface area contributed by atoms with E-state index in [4.69, 9.17) is 28.9 Å². The summed E-state index contributed by atoms with van der Waals surface area (Å²) in [6, 6.07) is 13.6. The van der Waals surface area contributed by atoms with Crippen molar-refractivity contribution >= 4 is 74.8 Å². The summed E-state index contributed by atoms with van der Waals surface area (Å²) in [7, 11) is 1.30. The zero-order chi connectivity index (χ0) is 30.0. The Balaban J connectivity index is 1.37. The van der Waals surface area contributed by atoms with Crippen molar-refractivity contribution in [1.82, 2.24) is 10.2 Å². The van der Waals surface area contributed by atoms with E-state index in [0.717, 1.165) is 0 Å². The van der Waals surface area contributed by atoms with Gasteiger partial charge in [-0.3, -0.25) is 14.5 Å². The minimum Gasteiger partial charge on any atom is -0.465 e. The quantitative estimate of drug-likeness (QED) is 0.244. The maximum absolute atomic E-state index is 13.3. The summed E-state index contributed by atoms with van der Waals surface area (Å²) in [5, 5.41) is 22.5. The Bertz CT molecular complexity index is 1700. The summed E-state index contributed by atoms with van der Waals surface area (Å²) in [6.45, 7) is 0. The molecule has 0 saturated heterocycles. The van der Waals surface area contributed by atoms with E-state index in [1.165, 1.54) is 30.2 Å². The zero-order valence-electron chi connectivity index (χ0n) is 22.0. The standard InChI is InChI=1S/C28H22Cl2N6O4S2/c1-40-26(39)14-5-8-16(9-6-14)33-22(38)13-41-28-35-34-27(42-28)36-20-3-2-4-21(37)24(20)23(17(12-31)25(36)32)15-7-10-18(29)19(30)11-15/h5-11,23H,2-4,13,32H2,1H3,(H,33,38). The Kier molecular flexibility index (Phi) is 8.84. The third-order valence-corrected chi connectivity index (χ3v) is 9.47. The molecular weight excluding hydrogens is 619 g/mol. The number of carbonyl (C=O) groups is 3. The van der Waals surface area contributed by atoms with Gasteiger partial charge in [-0.1, -0.05) is 52.4 Å². The normalized spacial score (nSPS) is 16.7. The molecule has 1 aliphatic heterocycles. The highest BCUT2D eigenvalue weighted by atomic mass is 35.5. The number of benzene rings is 2. The second-order valence-corrected chi connectivity index (χ2v) is 12.2. The van der Waals surface area contributed by atoms with Crippen LogP contribution in [-0.4, -0.2) is 40.7 Å². The molecule has 2 aliphatic rings. The third kappa shape index (κ3) is 5.87. The maximum Gasteiger partial charge on any atom is 0.337 e. The SMILES string of the molecule is COC(=O)c1ccc(NC(=O)CSc2nnc(N3C(N)=C(C#N)C(c4ccc(Cl)c(Cl)c4)C4=C3CCCC4=O)s2)cc1. The van der Waals surface area contributed by atoms with E-state index >= 15 is 0 Å². The molecule has 0 saturated carbocycles. The number of nitrogens with two attached hydrogens (primary N) is 1. The summed E-state index contributed by atoms with van der Waals surface area (Å²) in [6.07, 6.45) is 1.52. The van der Waals surface area contributed by atoms with E-state index in [0.29, 0.717) is 66.9 Å². The molecule has 214 valence electrons. The summed E-state index contributed by atoms with van der Waals surface area (Å²) >= 11 is 14.8. The number of hydrogen-bond donors (Lipinski definition) is 2. The van der Waals surface area contributed by atoms with E-state index in [2.05, 4.69) is 26.3 Å². The molecule has 42 heavy (non-hydrogen) atoms. The molecule has 3 aromatic rings. The highest BCUT2D eigenvalue weighted by molar-refractivity contribution is 8.01. The summed E-state index contributed by atoms with van der Waals surface area (Å²) in [4.78, 5) is 39.0. The van der Waals surface area contributed by atoms with E-state index < -0.39 is 11.9 Å². The average Bonchev–Trinajstić information content (AvgIpc) is 3.45. The van der Waals surface area contributed by atoms with Crippen LogP contribution in [0.3, 0.4) is 0 Å². The van der Waals surface area contributed by atoms with Gasteiger partial charge in [0.05, 0.1) is 46.0 Å². The van der Waals surface area contributed by atoms with E-state index in [1.54, 1.807) is 47.4 Å². The Labute approximate surface area is 259 Å². The topological polar surface area (TPSA) is 151 Å². The summed E-state index contributed by atoms with van der Waals surface area (Å²) in [5.41, 5.74) is 9.48. The van der Waals surface area contributed by atoms with Crippen LogP contribution in [0.25, 0.3) is 0 Å². The number of carbonyl (C=O) groups excluding carboxylic acids is 3. The highest BCUT2D eigenvalue weighted by Crippen LogP contribution is 2.47. The van der Waals surface area contributed by atoms with Gasteiger partial charge in [-0.05, 0) is 54.8 Å². The number of allylic oxidation sites excluding steroid dienone is 3. The van der Waals surface area contributed by atoms with Gasteiger partial charge in [0.25, 0.3) is 0 Å². The number of methoxy groups -OCH3 is 1. The molecule has 14 heteroatoms. The molecule has 2 aromatic carbocycles. The molecule has 5 rings (SSSR count). The Morgan fingerprint density at radius 3 is 2.64 bits per heavy atom. The molecule has 0 spiro atoms. The molecule has 1 amide bonds. The van der Waals surface area contributed by atoms with E-state index in [9.17, 15) is 19.6 Å². The molecule has 1 atom stereocenters. The van der Waals surface area contributed by atoms with Gasteiger partial charge in [0.15, 0.2) is 10.1 Å². The van der Waals surface area contributed by atoms with Crippen LogP contribution in [0, 0.1) is 11.3 Å². The van der Waals surface area contributed by atoms with Crippen LogP contribution < -0.4 is 16.0 Å². The van der Waals surface area contributed by atoms with Crippen molar-refractivity contribution < 1.29 is 19.1 Å². The number of hydrogen-bond acceptors (Lipinski definition) is 11. The molecule has 0 bridgehead atoms. The molecule has 3 N–H and O–H groups in total. The van der Waals surface area contributed by atoms with Crippen LogP contribution >= 0.6 is 46.3 Å². The van der Waals surface area contributed by atoms with Gasteiger partial charge < -0.3 is 15.8 Å². The number of rotatable bonds is 7. The van der Waals surface area contributed by atoms with Gasteiger partial charge in [-0.25, -0.2) is 4.79 Å². The first-order valence-electron chi connectivity index (χ1n) is 12.6. The van der Waals surface area contributed by atoms with E-state index in [-0.39, 0.29) is 28.8 Å². The predicted octanol–water partition coefficient (Wildman–Crippen LogP) is 5.67. The van der Waals surface area contributed by atoms with Crippen LogP contribution in [0.1, 0.15) is 41.1 Å². The van der Waals surface area contributed by atoms with Crippen LogP contribution in [0.5, 0.6) is 0 Å². The average molecular weight is 642 g/mol. The van der Waals surface area contributed by atoms with Gasteiger partial charge in [0.2, 0.25) is 11.0 Å². The second-order valence-electron chi connectivity index (χ2n) is 9.25. The Morgan fingerprint density at radius 2 is 1.95 bits per heavy atom. The summed E-state index contributed by atoms with van der Waals surface area (Å²) < 4.78 is 5.18. The van der Waals surface area contributed by atoms with Gasteiger partial charge in [0.1, 0.15) is 5.82 Å². The lowest BCUT2D eigenvalue weighted by Gasteiger charge is -2.38. The molecule has 1 aliphatic carbocycles. The highest BCUT2D eigenvalue weighted by Gasteiger charge is 2.41. The van der Waals surface area contributed by atoms with Crippen molar-refractivity contribution in [1.29, 1.82) is 5.26 Å². The number of halogens is 2. The van der Waals surface area contributed by atoms with Crippen molar-refractivity contribution in [3.63, 3.8) is 0 Å². The lowest BCUT2D eigenvalue weighted by Crippen LogP contribution is -2.38. The predicted molar refractivity (Wildman–Crippen MR) is 161 cm³/mol. The number of thioether (sulfide) groups is 1. The van der Waals surface area contributed by atoms with Crippen molar-refractivity contribution in [3.8, 4) is 6.07 Å². The van der Waals surface area contributed by atoms with Crippen molar-refractivity contribution in [2.75, 3.05) is 23.1 Å². The van der Waals surface area contributed by atoms with Crippen molar-refractivity contribution in [3.05, 3.63) is 86.3 Å². The fraction of sp³-hybridized carbons (Fsp3) is 0.214. The number of ether oxygens (including phenoxy) is 1. The first-order valence-corrected chi connectivity index (χ1v) is 15.1. The number of aromatic nitrogens is 2. The number of anilines is 2. The zero-order valence-corrected chi connectivity index (χ0v) is 25.2. The van der Waals surface area contributed by atoms with Crippen molar-refractivity contribution in [2.24, 2.45) is 5.73 Å². The Hall–Kier alpha value is -3.89. The monoisotopic (exact) mass is 640 g/mol. The lowest BCUT2D eigenvalue weighted by atomic mass is 9.76. The Morgan fingerprint density at radius 1 is 1.19 bits per heavy atom. The number of nitriles is 1. The number of nitrogens with zero attached hydrogens (tertiary/aromatic N) is 4.